The summed E-state index contributed by atoms with van der Waals surface area (Å²) >= 11 is 0. The van der Waals surface area contributed by atoms with Gasteiger partial charge in [-0.05, 0) is 12.1 Å². The highest BCUT2D eigenvalue weighted by molar-refractivity contribution is 6.03. The number of guanidine groups is 1. The van der Waals surface area contributed by atoms with Crippen LogP contribution >= 0.6 is 0 Å². The van der Waals surface area contributed by atoms with Crippen LogP contribution in [0, 0.1) is 0 Å². The topological polar surface area (TPSA) is 98.2 Å². The minimum atomic E-state index is -0.851. The highest BCUT2D eigenvalue weighted by atomic mass is 16.5. The summed E-state index contributed by atoms with van der Waals surface area (Å²) < 4.78 is 11.1. The fraction of sp³-hybridized carbons (Fsp3) is 0.550. The van der Waals surface area contributed by atoms with Gasteiger partial charge in [0.15, 0.2) is 18.2 Å². The molecule has 1 aromatic carbocycles. The number of para-hydroxylation sites is 1. The van der Waals surface area contributed by atoms with E-state index in [9.17, 15) is 14.7 Å². The van der Waals surface area contributed by atoms with E-state index in [1.807, 2.05) is 35.2 Å². The number of nitrogens with zero attached hydrogens (tertiary/aromatic N) is 5. The number of morpholine rings is 1. The third-order valence-electron chi connectivity index (χ3n) is 5.58. The monoisotopic (exact) mass is 417 g/mol. The molecule has 3 aliphatic heterocycles. The molecule has 1 aromatic rings. The van der Waals surface area contributed by atoms with Crippen molar-refractivity contribution in [1.82, 2.24) is 19.6 Å². The molecule has 3 unspecified atom stereocenters. The number of fused-ring (bicyclic) bond motifs is 1. The summed E-state index contributed by atoms with van der Waals surface area (Å²) in [5.74, 6) is 0.943. The van der Waals surface area contributed by atoms with E-state index in [1.165, 1.54) is 11.9 Å². The Morgan fingerprint density at radius 1 is 1.20 bits per heavy atom. The van der Waals surface area contributed by atoms with Crippen molar-refractivity contribution < 1.29 is 24.2 Å². The van der Waals surface area contributed by atoms with Gasteiger partial charge in [-0.15, -0.1) is 0 Å². The zero-order valence-electron chi connectivity index (χ0n) is 17.2. The third kappa shape index (κ3) is 3.80. The molecule has 1 N–H and O–H groups in total. The maximum atomic E-state index is 13.0. The standard InChI is InChI=1S/C20H27N5O5/c1-22-17-16(18(27)23(2)20(22)28)25(19(21-17)24-8-10-29-11-9-24)12-14(26)13-30-15-6-4-3-5-7-15/h3-7,14,16-17,26H,8-13H2,1-2H3. The Kier molecular flexibility index (Phi) is 5.78. The van der Waals surface area contributed by atoms with Crippen LogP contribution in [0.15, 0.2) is 35.3 Å². The number of β-amino-alcohol motifs (C(OH)–C–C–N with tert-alkyl or cyclic N) is 1. The zero-order valence-corrected chi connectivity index (χ0v) is 17.2. The van der Waals surface area contributed by atoms with Gasteiger partial charge in [-0.25, -0.2) is 9.79 Å². The van der Waals surface area contributed by atoms with Crippen molar-refractivity contribution in [1.29, 1.82) is 0 Å². The molecule has 30 heavy (non-hydrogen) atoms. The van der Waals surface area contributed by atoms with Crippen LogP contribution in [-0.2, 0) is 9.53 Å². The van der Waals surface area contributed by atoms with Gasteiger partial charge in [0.25, 0.3) is 5.91 Å². The van der Waals surface area contributed by atoms with Crippen LogP contribution in [0.1, 0.15) is 0 Å². The second-order valence-corrected chi connectivity index (χ2v) is 7.61. The molecule has 10 nitrogen and oxygen atoms in total. The second kappa shape index (κ2) is 8.49. The Balaban J connectivity index is 1.53. The number of carbonyl (C=O) groups excluding carboxylic acids is 2. The van der Waals surface area contributed by atoms with E-state index in [-0.39, 0.29) is 25.1 Å². The Hall–Kier alpha value is -2.85. The Bertz CT molecular complexity index is 813. The lowest BCUT2D eigenvalue weighted by Crippen LogP contribution is -2.65. The molecule has 2 fully saturated rings. The van der Waals surface area contributed by atoms with Crippen molar-refractivity contribution in [2.45, 2.75) is 18.3 Å². The normalized spacial score (nSPS) is 25.4. The van der Waals surface area contributed by atoms with Crippen molar-refractivity contribution in [2.24, 2.45) is 4.99 Å². The molecule has 0 bridgehead atoms. The number of rotatable bonds is 5. The van der Waals surface area contributed by atoms with Gasteiger partial charge in [-0.2, -0.15) is 0 Å². The molecule has 0 saturated carbocycles. The predicted molar refractivity (Wildman–Crippen MR) is 108 cm³/mol. The number of benzene rings is 1. The zero-order chi connectivity index (χ0) is 21.3. The summed E-state index contributed by atoms with van der Waals surface area (Å²) in [4.78, 5) is 36.5. The van der Waals surface area contributed by atoms with Crippen LogP contribution in [0.2, 0.25) is 0 Å². The number of aliphatic hydroxyl groups is 1. The van der Waals surface area contributed by atoms with Crippen LogP contribution < -0.4 is 4.74 Å². The fourth-order valence-electron chi connectivity index (χ4n) is 3.96. The molecule has 3 amide bonds. The average Bonchev–Trinajstić information content (AvgIpc) is 3.15. The molecule has 4 rings (SSSR count). The number of hydrogen-bond donors (Lipinski definition) is 1. The molecule has 3 heterocycles. The molecule has 10 heteroatoms. The lowest BCUT2D eigenvalue weighted by molar-refractivity contribution is -0.136. The third-order valence-corrected chi connectivity index (χ3v) is 5.58. The van der Waals surface area contributed by atoms with Crippen molar-refractivity contribution in [3.05, 3.63) is 30.3 Å². The van der Waals surface area contributed by atoms with E-state index in [2.05, 4.69) is 0 Å². The molecular formula is C20H27N5O5. The average molecular weight is 417 g/mol. The van der Waals surface area contributed by atoms with Crippen LogP contribution in [0.4, 0.5) is 4.79 Å². The Morgan fingerprint density at radius 3 is 2.60 bits per heavy atom. The first-order chi connectivity index (χ1) is 14.5. The Labute approximate surface area is 175 Å². The summed E-state index contributed by atoms with van der Waals surface area (Å²) in [5, 5.41) is 10.7. The SMILES string of the molecule is CN1C(=O)C2C(N=C(N3CCOCC3)N2CC(O)COc2ccccc2)N(C)C1=O. The molecule has 0 spiro atoms. The maximum absolute atomic E-state index is 13.0. The highest BCUT2D eigenvalue weighted by Crippen LogP contribution is 2.28. The number of ether oxygens (including phenoxy) is 2. The molecule has 2 saturated heterocycles. The smallest absolute Gasteiger partial charge is 0.328 e. The van der Waals surface area contributed by atoms with Gasteiger partial charge in [-0.1, -0.05) is 18.2 Å². The van der Waals surface area contributed by atoms with Gasteiger partial charge in [0, 0.05) is 27.2 Å². The van der Waals surface area contributed by atoms with Crippen molar-refractivity contribution >= 4 is 17.9 Å². The van der Waals surface area contributed by atoms with Crippen LogP contribution in [0.3, 0.4) is 0 Å². The van der Waals surface area contributed by atoms with Crippen LogP contribution in [0.25, 0.3) is 0 Å². The van der Waals surface area contributed by atoms with Crippen molar-refractivity contribution in [3.63, 3.8) is 0 Å². The first-order valence-electron chi connectivity index (χ1n) is 10.0. The summed E-state index contributed by atoms with van der Waals surface area (Å²) in [7, 11) is 3.11. The summed E-state index contributed by atoms with van der Waals surface area (Å²) in [6.07, 6.45) is -1.47. The number of carbonyl (C=O) groups is 2. The highest BCUT2D eigenvalue weighted by Gasteiger charge is 2.52. The number of hydrogen-bond acceptors (Lipinski definition) is 8. The molecule has 0 aromatic heterocycles. The van der Waals surface area contributed by atoms with Crippen molar-refractivity contribution in [3.8, 4) is 5.75 Å². The minimum Gasteiger partial charge on any atom is -0.491 e. The number of likely N-dealkylation sites (N-methyl/N-ethyl adjacent to an activating group) is 2. The van der Waals surface area contributed by atoms with Gasteiger partial charge in [0.2, 0.25) is 0 Å². The van der Waals surface area contributed by atoms with Crippen LogP contribution in [-0.4, -0.2) is 114 Å². The van der Waals surface area contributed by atoms with E-state index >= 15 is 0 Å². The number of urea groups is 1. The predicted octanol–water partition coefficient (Wildman–Crippen LogP) is -0.351. The van der Waals surface area contributed by atoms with E-state index in [1.54, 1.807) is 11.9 Å². The summed E-state index contributed by atoms with van der Waals surface area (Å²) in [6.45, 7) is 2.62. The van der Waals surface area contributed by atoms with E-state index in [4.69, 9.17) is 14.5 Å². The minimum absolute atomic E-state index is 0.0765. The maximum Gasteiger partial charge on any atom is 0.328 e. The summed E-state index contributed by atoms with van der Waals surface area (Å²) in [6, 6.07) is 8.18. The quantitative estimate of drug-likeness (QED) is 0.699. The van der Waals surface area contributed by atoms with Gasteiger partial charge in [-0.3, -0.25) is 9.69 Å². The van der Waals surface area contributed by atoms with Gasteiger partial charge < -0.3 is 29.3 Å². The molecule has 162 valence electrons. The second-order valence-electron chi connectivity index (χ2n) is 7.61. The number of imide groups is 1. The number of aliphatic hydroxyl groups excluding tert-OH is 1. The van der Waals surface area contributed by atoms with Crippen molar-refractivity contribution in [2.75, 3.05) is 53.6 Å². The van der Waals surface area contributed by atoms with E-state index < -0.39 is 18.3 Å². The molecule has 3 aliphatic rings. The largest absolute Gasteiger partial charge is 0.491 e. The Morgan fingerprint density at radius 2 is 1.90 bits per heavy atom. The lowest BCUT2D eigenvalue weighted by Gasteiger charge is -2.41. The number of aliphatic imine (C=N–C) groups is 1. The lowest BCUT2D eigenvalue weighted by atomic mass is 10.1. The molecule has 0 aliphatic carbocycles. The van der Waals surface area contributed by atoms with E-state index in [0.29, 0.717) is 38.0 Å². The van der Waals surface area contributed by atoms with E-state index in [0.717, 1.165) is 4.90 Å². The van der Waals surface area contributed by atoms with Gasteiger partial charge in [0.05, 0.1) is 19.8 Å². The van der Waals surface area contributed by atoms with Gasteiger partial charge in [0.1, 0.15) is 18.5 Å². The fourth-order valence-corrected chi connectivity index (χ4v) is 3.96. The first kappa shape index (κ1) is 20.4. The first-order valence-corrected chi connectivity index (χ1v) is 10.0. The van der Waals surface area contributed by atoms with Crippen LogP contribution in [0.5, 0.6) is 5.75 Å². The molecule has 0 radical (unpaired) electrons. The number of amides is 3. The summed E-state index contributed by atoms with van der Waals surface area (Å²) in [5.41, 5.74) is 0. The molecule has 3 atom stereocenters. The van der Waals surface area contributed by atoms with Gasteiger partial charge >= 0.3 is 6.03 Å². The molecular weight excluding hydrogens is 390 g/mol.